The van der Waals surface area contributed by atoms with Gasteiger partial charge in [0.05, 0.1) is 11.6 Å². The van der Waals surface area contributed by atoms with E-state index in [0.717, 1.165) is 10.6 Å². The number of rotatable bonds is 0. The van der Waals surface area contributed by atoms with Crippen LogP contribution in [0.3, 0.4) is 0 Å². The zero-order valence-corrected chi connectivity index (χ0v) is 8.21. The Morgan fingerprint density at radius 2 is 1.93 bits per heavy atom. The summed E-state index contributed by atoms with van der Waals surface area (Å²) in [7, 11) is 0. The summed E-state index contributed by atoms with van der Waals surface area (Å²) in [5, 5.41) is 2.05. The second-order valence-corrected chi connectivity index (χ2v) is 3.67. The van der Waals surface area contributed by atoms with Gasteiger partial charge in [-0.15, -0.1) is 0 Å². The van der Waals surface area contributed by atoms with E-state index in [-0.39, 0.29) is 12.1 Å². The topological polar surface area (TPSA) is 21.6 Å². The van der Waals surface area contributed by atoms with Gasteiger partial charge in [-0.25, -0.2) is 0 Å². The fraction of sp³-hybridized carbons (Fsp3) is 0.154. The Morgan fingerprint density at radius 1 is 1.07 bits per heavy atom. The second-order valence-electron chi connectivity index (χ2n) is 3.67. The van der Waals surface area contributed by atoms with Crippen LogP contribution in [0.5, 0.6) is 0 Å². The molecular weight excluding hydrogens is 186 g/mol. The third kappa shape index (κ3) is 1.48. The maximum Gasteiger partial charge on any atom is 0.142 e. The van der Waals surface area contributed by atoms with Gasteiger partial charge in [0.2, 0.25) is 0 Å². The van der Waals surface area contributed by atoms with Crippen LogP contribution in [-0.4, -0.2) is 12.1 Å². The van der Waals surface area contributed by atoms with E-state index in [1.807, 2.05) is 42.5 Å². The Morgan fingerprint density at radius 3 is 2.93 bits per heavy atom. The van der Waals surface area contributed by atoms with Gasteiger partial charge < -0.3 is 4.74 Å². The maximum absolute atomic E-state index is 5.68. The zero-order valence-electron chi connectivity index (χ0n) is 8.21. The number of allylic oxidation sites excluding steroid dienone is 2. The van der Waals surface area contributed by atoms with Crippen LogP contribution in [0.1, 0.15) is 0 Å². The number of hydrogen-bond donors (Lipinski definition) is 0. The molecule has 2 nitrogen and oxygen atoms in total. The molecule has 0 radical (unpaired) electrons. The highest BCUT2D eigenvalue weighted by atomic mass is 16.5. The van der Waals surface area contributed by atoms with E-state index in [4.69, 9.17) is 4.74 Å². The van der Waals surface area contributed by atoms with Crippen molar-refractivity contribution in [1.82, 2.24) is 0 Å². The molecule has 0 spiro atoms. The molecule has 0 N–H and O–H groups in total. The minimum Gasteiger partial charge on any atom is -0.491 e. The fourth-order valence-corrected chi connectivity index (χ4v) is 1.83. The van der Waals surface area contributed by atoms with Gasteiger partial charge in [-0.05, 0) is 18.2 Å². The number of para-hydroxylation sites is 1. The van der Waals surface area contributed by atoms with Crippen LogP contribution < -0.4 is 10.6 Å². The van der Waals surface area contributed by atoms with Gasteiger partial charge in [-0.2, -0.15) is 0 Å². The van der Waals surface area contributed by atoms with Crippen molar-refractivity contribution in [2.24, 2.45) is 4.99 Å². The van der Waals surface area contributed by atoms with Crippen molar-refractivity contribution in [2.75, 3.05) is 0 Å². The molecule has 15 heavy (non-hydrogen) atoms. The van der Waals surface area contributed by atoms with Crippen molar-refractivity contribution in [1.29, 1.82) is 0 Å². The number of hydrogen-bond acceptors (Lipinski definition) is 2. The van der Waals surface area contributed by atoms with Gasteiger partial charge in [0.1, 0.15) is 12.1 Å². The summed E-state index contributed by atoms with van der Waals surface area (Å²) in [4.78, 5) is 4.67. The largest absolute Gasteiger partial charge is 0.491 e. The summed E-state index contributed by atoms with van der Waals surface area (Å²) >= 11 is 0. The molecule has 2 unspecified atom stereocenters. The molecule has 2 heteroatoms. The summed E-state index contributed by atoms with van der Waals surface area (Å²) in [5.41, 5.74) is 0. The van der Waals surface area contributed by atoms with Crippen LogP contribution in [0, 0.1) is 0 Å². The Bertz CT molecular complexity index is 542. The van der Waals surface area contributed by atoms with Crippen molar-refractivity contribution in [3.8, 4) is 0 Å². The van der Waals surface area contributed by atoms with Crippen molar-refractivity contribution in [3.63, 3.8) is 0 Å². The Balaban J connectivity index is 2.19. The normalized spacial score (nSPS) is 26.4. The van der Waals surface area contributed by atoms with E-state index < -0.39 is 0 Å². The maximum atomic E-state index is 5.68. The van der Waals surface area contributed by atoms with Gasteiger partial charge in [0, 0.05) is 5.22 Å². The molecule has 1 aromatic carbocycles. The zero-order chi connectivity index (χ0) is 10.1. The molecule has 0 fully saturated rings. The number of benzene rings is 1. The molecule has 0 bridgehead atoms. The molecule has 0 amide bonds. The lowest BCUT2D eigenvalue weighted by Gasteiger charge is -2.18. The van der Waals surface area contributed by atoms with Crippen LogP contribution >= 0.6 is 0 Å². The van der Waals surface area contributed by atoms with Crippen molar-refractivity contribution in [3.05, 3.63) is 59.1 Å². The average Bonchev–Trinajstić information content (AvgIpc) is 2.48. The standard InChI is InChI=1S/C13H11NO/c1-2-6-11-10(5-1)9-15-13-8-4-3-7-12(13)14-11/h1-9,12-13H. The third-order valence-electron chi connectivity index (χ3n) is 2.63. The summed E-state index contributed by atoms with van der Waals surface area (Å²) < 4.78 is 5.68. The molecule has 1 heterocycles. The van der Waals surface area contributed by atoms with Crippen LogP contribution in [0.25, 0.3) is 6.26 Å². The smallest absolute Gasteiger partial charge is 0.142 e. The van der Waals surface area contributed by atoms with Crippen molar-refractivity contribution >= 4 is 6.26 Å². The van der Waals surface area contributed by atoms with Crippen LogP contribution in [0.4, 0.5) is 0 Å². The molecule has 3 rings (SSSR count). The highest BCUT2D eigenvalue weighted by molar-refractivity contribution is 5.25. The van der Waals surface area contributed by atoms with Crippen LogP contribution in [0.15, 0.2) is 53.6 Å². The molecule has 1 aromatic rings. The van der Waals surface area contributed by atoms with E-state index in [2.05, 4.69) is 11.1 Å². The van der Waals surface area contributed by atoms with Crippen molar-refractivity contribution in [2.45, 2.75) is 12.1 Å². The highest BCUT2D eigenvalue weighted by Gasteiger charge is 2.19. The number of fused-ring (bicyclic) bond motifs is 2. The summed E-state index contributed by atoms with van der Waals surface area (Å²) in [6.07, 6.45) is 9.97. The minimum absolute atomic E-state index is 0.0439. The Hall–Kier alpha value is -1.83. The van der Waals surface area contributed by atoms with Gasteiger partial charge >= 0.3 is 0 Å². The van der Waals surface area contributed by atoms with E-state index in [0.29, 0.717) is 0 Å². The van der Waals surface area contributed by atoms with Gasteiger partial charge in [-0.3, -0.25) is 4.99 Å². The molecule has 2 aliphatic rings. The molecule has 74 valence electrons. The molecule has 1 aliphatic carbocycles. The average molecular weight is 197 g/mol. The molecule has 1 aliphatic heterocycles. The van der Waals surface area contributed by atoms with Crippen molar-refractivity contribution < 1.29 is 4.74 Å². The lowest BCUT2D eigenvalue weighted by molar-refractivity contribution is 0.212. The van der Waals surface area contributed by atoms with E-state index >= 15 is 0 Å². The first-order chi connectivity index (χ1) is 7.43. The van der Waals surface area contributed by atoms with E-state index in [9.17, 15) is 0 Å². The molecule has 0 aromatic heterocycles. The Labute approximate surface area is 87.9 Å². The Kier molecular flexibility index (Phi) is 1.91. The fourth-order valence-electron chi connectivity index (χ4n) is 1.83. The summed E-state index contributed by atoms with van der Waals surface area (Å²) in [5.74, 6) is 0. The molecule has 0 saturated heterocycles. The second kappa shape index (κ2) is 3.39. The van der Waals surface area contributed by atoms with Gasteiger partial charge in [-0.1, -0.05) is 30.4 Å². The predicted molar refractivity (Wildman–Crippen MR) is 58.6 cm³/mol. The number of nitrogens with zero attached hydrogens (tertiary/aromatic N) is 1. The summed E-state index contributed by atoms with van der Waals surface area (Å²) in [6.45, 7) is 0. The monoisotopic (exact) mass is 197 g/mol. The lowest BCUT2D eigenvalue weighted by Crippen LogP contribution is -2.26. The van der Waals surface area contributed by atoms with E-state index in [1.54, 1.807) is 6.26 Å². The van der Waals surface area contributed by atoms with Gasteiger partial charge in [0.25, 0.3) is 0 Å². The number of ether oxygens (including phenoxy) is 1. The first-order valence-corrected chi connectivity index (χ1v) is 5.07. The van der Waals surface area contributed by atoms with Crippen LogP contribution in [0.2, 0.25) is 0 Å². The molecule has 0 saturated carbocycles. The highest BCUT2D eigenvalue weighted by Crippen LogP contribution is 2.13. The lowest BCUT2D eigenvalue weighted by atomic mass is 10.1. The van der Waals surface area contributed by atoms with Gasteiger partial charge in [0.15, 0.2) is 0 Å². The predicted octanol–water partition coefficient (Wildman–Crippen LogP) is 0.938. The molecule has 2 atom stereocenters. The molecular formula is C13H11NO. The van der Waals surface area contributed by atoms with Crippen LogP contribution in [-0.2, 0) is 4.74 Å². The quantitative estimate of drug-likeness (QED) is 0.606. The first-order valence-electron chi connectivity index (χ1n) is 5.07. The first kappa shape index (κ1) is 8.48. The van der Waals surface area contributed by atoms with E-state index in [1.165, 1.54) is 0 Å². The SMILES string of the molecule is C1=CC2N=c3ccccc3=COC2C=C1. The minimum atomic E-state index is 0.0439. The third-order valence-corrected chi connectivity index (χ3v) is 2.63. The summed E-state index contributed by atoms with van der Waals surface area (Å²) in [6, 6.07) is 8.14.